The number of fused-ring (bicyclic) bond motifs is 1. The molecule has 0 aliphatic rings. The van der Waals surface area contributed by atoms with Crippen LogP contribution in [0.5, 0.6) is 0 Å². The maximum absolute atomic E-state index is 6.06. The largest absolute Gasteiger partial charge is 0.248 e. The van der Waals surface area contributed by atoms with E-state index in [2.05, 4.69) is 36.8 Å². The molecule has 4 heteroatoms. The van der Waals surface area contributed by atoms with Crippen molar-refractivity contribution in [2.75, 3.05) is 0 Å². The monoisotopic (exact) mass is 319 g/mol. The van der Waals surface area contributed by atoms with Crippen molar-refractivity contribution in [3.8, 4) is 0 Å². The van der Waals surface area contributed by atoms with Crippen LogP contribution >= 0.6 is 43.5 Å². The molecule has 0 saturated carbocycles. The molecule has 0 fully saturated rings. The molecule has 0 saturated heterocycles. The van der Waals surface area contributed by atoms with Gasteiger partial charge in [0, 0.05) is 26.5 Å². The van der Waals surface area contributed by atoms with Crippen LogP contribution in [0.2, 0.25) is 5.02 Å². The topological polar surface area (TPSA) is 12.9 Å². The molecule has 0 radical (unpaired) electrons. The van der Waals surface area contributed by atoms with E-state index in [1.54, 1.807) is 6.20 Å². The molecule has 0 amide bonds. The summed E-state index contributed by atoms with van der Waals surface area (Å²) in [4.78, 5) is 4.16. The van der Waals surface area contributed by atoms with Crippen LogP contribution in [0, 0.1) is 0 Å². The lowest BCUT2D eigenvalue weighted by Crippen LogP contribution is -1.81. The number of rotatable bonds is 0. The summed E-state index contributed by atoms with van der Waals surface area (Å²) in [6, 6.07) is 5.74. The summed E-state index contributed by atoms with van der Waals surface area (Å²) in [5.74, 6) is 0. The SMILES string of the molecule is Clc1cccc2c(Br)ncc(Br)c12. The van der Waals surface area contributed by atoms with E-state index in [9.17, 15) is 0 Å². The standard InChI is InChI=1S/C9H4Br2ClN/c10-6-4-13-9(11)5-2-1-3-7(12)8(5)6/h1-4H. The Labute approximate surface area is 97.4 Å². The van der Waals surface area contributed by atoms with E-state index in [0.717, 1.165) is 24.9 Å². The molecule has 1 aromatic carbocycles. The van der Waals surface area contributed by atoms with Gasteiger partial charge in [-0.15, -0.1) is 0 Å². The Morgan fingerprint density at radius 1 is 1.23 bits per heavy atom. The van der Waals surface area contributed by atoms with E-state index in [-0.39, 0.29) is 0 Å². The Hall–Kier alpha value is -0.120. The highest BCUT2D eigenvalue weighted by Gasteiger charge is 2.06. The van der Waals surface area contributed by atoms with Crippen molar-refractivity contribution in [2.45, 2.75) is 0 Å². The van der Waals surface area contributed by atoms with Crippen LogP contribution in [-0.2, 0) is 0 Å². The molecule has 1 nitrogen and oxygen atoms in total. The average Bonchev–Trinajstić information content (AvgIpc) is 2.12. The van der Waals surface area contributed by atoms with Crippen LogP contribution in [0.3, 0.4) is 0 Å². The summed E-state index contributed by atoms with van der Waals surface area (Å²) >= 11 is 12.8. The highest BCUT2D eigenvalue weighted by atomic mass is 79.9. The first kappa shape index (κ1) is 9.44. The fourth-order valence-electron chi connectivity index (χ4n) is 1.19. The number of nitrogens with zero attached hydrogens (tertiary/aromatic N) is 1. The molecule has 2 rings (SSSR count). The summed E-state index contributed by atoms with van der Waals surface area (Å²) in [6.07, 6.45) is 1.73. The minimum absolute atomic E-state index is 0.729. The van der Waals surface area contributed by atoms with Gasteiger partial charge >= 0.3 is 0 Å². The Morgan fingerprint density at radius 2 is 2.00 bits per heavy atom. The van der Waals surface area contributed by atoms with Gasteiger partial charge in [0.05, 0.1) is 0 Å². The van der Waals surface area contributed by atoms with Crippen molar-refractivity contribution in [3.05, 3.63) is 38.5 Å². The summed E-state index contributed by atoms with van der Waals surface area (Å²) in [5.41, 5.74) is 0. The molecule has 0 bridgehead atoms. The first-order valence-corrected chi connectivity index (χ1v) is 5.55. The quantitative estimate of drug-likeness (QED) is 0.655. The second-order valence-corrected chi connectivity index (χ2v) is 4.57. The number of pyridine rings is 1. The van der Waals surface area contributed by atoms with Crippen molar-refractivity contribution in [1.29, 1.82) is 0 Å². The molecule has 0 aliphatic heterocycles. The number of aromatic nitrogens is 1. The molecule has 0 N–H and O–H groups in total. The molecule has 0 unspecified atom stereocenters. The van der Waals surface area contributed by atoms with Gasteiger partial charge in [-0.2, -0.15) is 0 Å². The molecule has 0 spiro atoms. The first-order chi connectivity index (χ1) is 6.20. The van der Waals surface area contributed by atoms with Crippen LogP contribution in [0.4, 0.5) is 0 Å². The minimum Gasteiger partial charge on any atom is -0.248 e. The third kappa shape index (κ3) is 1.60. The van der Waals surface area contributed by atoms with Crippen LogP contribution in [0.25, 0.3) is 10.8 Å². The lowest BCUT2D eigenvalue weighted by Gasteiger charge is -2.03. The summed E-state index contributed by atoms with van der Waals surface area (Å²) < 4.78 is 1.73. The van der Waals surface area contributed by atoms with Gasteiger partial charge in [-0.25, -0.2) is 4.98 Å². The molecular formula is C9H4Br2ClN. The zero-order chi connectivity index (χ0) is 9.42. The van der Waals surface area contributed by atoms with Crippen molar-refractivity contribution < 1.29 is 0 Å². The highest BCUT2D eigenvalue weighted by Crippen LogP contribution is 2.33. The van der Waals surface area contributed by atoms with E-state index >= 15 is 0 Å². The smallest absolute Gasteiger partial charge is 0.114 e. The van der Waals surface area contributed by atoms with Gasteiger partial charge < -0.3 is 0 Å². The zero-order valence-corrected chi connectivity index (χ0v) is 10.3. The lowest BCUT2D eigenvalue weighted by molar-refractivity contribution is 1.30. The lowest BCUT2D eigenvalue weighted by atomic mass is 10.2. The van der Waals surface area contributed by atoms with Gasteiger partial charge in [-0.3, -0.25) is 0 Å². The van der Waals surface area contributed by atoms with Crippen molar-refractivity contribution in [1.82, 2.24) is 4.98 Å². The molecule has 1 heterocycles. The van der Waals surface area contributed by atoms with Crippen molar-refractivity contribution in [2.24, 2.45) is 0 Å². The molecular weight excluding hydrogens is 317 g/mol. The third-order valence-corrected chi connectivity index (χ3v) is 3.31. The zero-order valence-electron chi connectivity index (χ0n) is 6.39. The van der Waals surface area contributed by atoms with Crippen LogP contribution < -0.4 is 0 Å². The van der Waals surface area contributed by atoms with E-state index in [4.69, 9.17) is 11.6 Å². The summed E-state index contributed by atoms with van der Waals surface area (Å²) in [7, 11) is 0. The Kier molecular flexibility index (Phi) is 2.58. The summed E-state index contributed by atoms with van der Waals surface area (Å²) in [6.45, 7) is 0. The van der Waals surface area contributed by atoms with Crippen LogP contribution in [0.15, 0.2) is 33.5 Å². The van der Waals surface area contributed by atoms with E-state index < -0.39 is 0 Å². The maximum atomic E-state index is 6.06. The van der Waals surface area contributed by atoms with Gasteiger partial charge in [0.15, 0.2) is 0 Å². The number of benzene rings is 1. The van der Waals surface area contributed by atoms with Crippen LogP contribution in [-0.4, -0.2) is 4.98 Å². The number of hydrogen-bond acceptors (Lipinski definition) is 1. The molecule has 13 heavy (non-hydrogen) atoms. The molecule has 0 aliphatic carbocycles. The molecule has 66 valence electrons. The molecule has 0 atom stereocenters. The second kappa shape index (κ2) is 3.56. The Balaban J connectivity index is 3.00. The Bertz CT molecular complexity index is 462. The number of halogens is 3. The van der Waals surface area contributed by atoms with E-state index in [0.29, 0.717) is 0 Å². The second-order valence-electron chi connectivity index (χ2n) is 2.56. The predicted molar refractivity (Wildman–Crippen MR) is 62.2 cm³/mol. The van der Waals surface area contributed by atoms with Gasteiger partial charge in [-0.1, -0.05) is 23.7 Å². The summed E-state index contributed by atoms with van der Waals surface area (Å²) in [5, 5.41) is 2.74. The van der Waals surface area contributed by atoms with Gasteiger partial charge in [0.1, 0.15) is 4.60 Å². The minimum atomic E-state index is 0.729. The van der Waals surface area contributed by atoms with Crippen LogP contribution in [0.1, 0.15) is 0 Å². The van der Waals surface area contributed by atoms with Gasteiger partial charge in [-0.05, 0) is 37.9 Å². The fraction of sp³-hybridized carbons (Fsp3) is 0. The van der Waals surface area contributed by atoms with Crippen molar-refractivity contribution >= 4 is 54.2 Å². The molecule has 1 aromatic heterocycles. The van der Waals surface area contributed by atoms with E-state index in [1.165, 1.54) is 0 Å². The third-order valence-electron chi connectivity index (χ3n) is 1.77. The normalized spacial score (nSPS) is 10.7. The molecule has 2 aromatic rings. The Morgan fingerprint density at radius 3 is 2.69 bits per heavy atom. The average molecular weight is 321 g/mol. The fourth-order valence-corrected chi connectivity index (χ4v) is 2.54. The predicted octanol–water partition coefficient (Wildman–Crippen LogP) is 4.41. The van der Waals surface area contributed by atoms with E-state index in [1.807, 2.05) is 18.2 Å². The first-order valence-electron chi connectivity index (χ1n) is 3.58. The number of hydrogen-bond donors (Lipinski definition) is 0. The van der Waals surface area contributed by atoms with Gasteiger partial charge in [0.25, 0.3) is 0 Å². The maximum Gasteiger partial charge on any atom is 0.114 e. The van der Waals surface area contributed by atoms with Crippen molar-refractivity contribution in [3.63, 3.8) is 0 Å². The van der Waals surface area contributed by atoms with Gasteiger partial charge in [0.2, 0.25) is 0 Å². The highest BCUT2D eigenvalue weighted by molar-refractivity contribution is 9.11.